The number of ether oxygens (including phenoxy) is 2. The number of benzene rings is 2. The van der Waals surface area contributed by atoms with E-state index in [4.69, 9.17) is 27.4 Å². The van der Waals surface area contributed by atoms with Crippen LogP contribution in [0.2, 0.25) is 0 Å². The van der Waals surface area contributed by atoms with E-state index in [1.165, 1.54) is 5.56 Å². The molecule has 1 aliphatic rings. The molecule has 1 fully saturated rings. The van der Waals surface area contributed by atoms with E-state index < -0.39 is 66.5 Å². The Kier molecular flexibility index (Phi) is 15.5. The fraction of sp³-hybridized carbons (Fsp3) is 0.455. The summed E-state index contributed by atoms with van der Waals surface area (Å²) < 4.78 is 132. The van der Waals surface area contributed by atoms with Gasteiger partial charge in [-0.1, -0.05) is 60.7 Å². The van der Waals surface area contributed by atoms with Gasteiger partial charge < -0.3 is 19.7 Å². The molecular weight excluding hydrogens is 628 g/mol. The molecule has 0 aromatic heterocycles. The number of halogens is 4. The van der Waals surface area contributed by atoms with Gasteiger partial charge in [-0.15, -0.1) is 0 Å². The van der Waals surface area contributed by atoms with Crippen LogP contribution in [0.4, 0.5) is 17.6 Å². The van der Waals surface area contributed by atoms with E-state index in [1.807, 2.05) is 18.2 Å². The quantitative estimate of drug-likeness (QED) is 0.174. The first-order valence-corrected chi connectivity index (χ1v) is 16.1. The molecule has 3 rings (SSSR count). The van der Waals surface area contributed by atoms with Crippen LogP contribution in [0.5, 0.6) is 0 Å². The minimum absolute atomic E-state index is 0.364. The predicted octanol–water partition coefficient (Wildman–Crippen LogP) is 2.10. The van der Waals surface area contributed by atoms with E-state index in [0.717, 1.165) is 6.61 Å². The van der Waals surface area contributed by atoms with Gasteiger partial charge in [0.05, 0.1) is 13.2 Å². The lowest BCUT2D eigenvalue weighted by Crippen LogP contribution is -2.33. The molecule has 0 bridgehead atoms. The molecule has 41 heavy (non-hydrogen) atoms. The van der Waals surface area contributed by atoms with Crippen molar-refractivity contribution in [1.29, 1.82) is 0 Å². The lowest BCUT2D eigenvalue weighted by molar-refractivity contribution is -0.0422. The van der Waals surface area contributed by atoms with E-state index in [0.29, 0.717) is 24.2 Å². The van der Waals surface area contributed by atoms with Gasteiger partial charge in [0.2, 0.25) is 19.7 Å². The number of alkyl halides is 4. The third-order valence-corrected chi connectivity index (χ3v) is 6.92. The van der Waals surface area contributed by atoms with Crippen molar-refractivity contribution in [1.82, 2.24) is 0 Å². The molecule has 0 amide bonds. The molecular formula is C22H30F4O12S3. The lowest BCUT2D eigenvalue weighted by Gasteiger charge is -2.16. The minimum atomic E-state index is -4.67. The summed E-state index contributed by atoms with van der Waals surface area (Å²) in [7, 11) is -13.6. The first-order chi connectivity index (χ1) is 18.5. The number of aliphatic hydroxyl groups is 2. The van der Waals surface area contributed by atoms with Crippen LogP contribution in [-0.2, 0) is 39.5 Å². The summed E-state index contributed by atoms with van der Waals surface area (Å²) in [6, 6.07) is 18.6. The van der Waals surface area contributed by atoms with Crippen molar-refractivity contribution >= 4 is 30.1 Å². The highest BCUT2D eigenvalue weighted by molar-refractivity contribution is 7.92. The molecule has 0 saturated carbocycles. The van der Waals surface area contributed by atoms with Crippen LogP contribution >= 0.6 is 0 Å². The molecule has 1 aliphatic heterocycles. The molecule has 236 valence electrons. The third kappa shape index (κ3) is 17.4. The van der Waals surface area contributed by atoms with Crippen molar-refractivity contribution < 1.29 is 71.6 Å². The molecule has 2 aromatic rings. The Morgan fingerprint density at radius 2 is 1.24 bits per heavy atom. The maximum atomic E-state index is 13.0. The normalized spacial score (nSPS) is 16.0. The average molecular weight is 659 g/mol. The van der Waals surface area contributed by atoms with E-state index in [-0.39, 0.29) is 0 Å². The molecule has 0 radical (unpaired) electrons. The van der Waals surface area contributed by atoms with Crippen molar-refractivity contribution in [3.8, 4) is 0 Å². The zero-order valence-electron chi connectivity index (χ0n) is 21.5. The van der Waals surface area contributed by atoms with E-state index in [1.54, 1.807) is 30.3 Å². The van der Waals surface area contributed by atoms with E-state index in [9.17, 15) is 39.5 Å². The fourth-order valence-electron chi connectivity index (χ4n) is 2.19. The summed E-state index contributed by atoms with van der Waals surface area (Å²) in [6.07, 6.45) is 0.139. The summed E-state index contributed by atoms with van der Waals surface area (Å²) in [6.45, 7) is -2.42. The van der Waals surface area contributed by atoms with Crippen LogP contribution in [0.15, 0.2) is 60.7 Å². The summed E-state index contributed by atoms with van der Waals surface area (Å²) in [4.78, 5) is 0. The zero-order valence-corrected chi connectivity index (χ0v) is 24.0. The molecule has 2 unspecified atom stereocenters. The molecule has 2 aromatic carbocycles. The summed E-state index contributed by atoms with van der Waals surface area (Å²) in [5.74, 6) is 0. The van der Waals surface area contributed by atoms with Crippen LogP contribution in [0, 0.1) is 0 Å². The number of aliphatic hydroxyl groups excluding tert-OH is 2. The summed E-state index contributed by atoms with van der Waals surface area (Å²) in [5.41, 5.74) is 1.82. The predicted molar refractivity (Wildman–Crippen MR) is 138 cm³/mol. The van der Waals surface area contributed by atoms with Gasteiger partial charge >= 0.3 is 20.9 Å². The van der Waals surface area contributed by atoms with Crippen LogP contribution in [-0.4, -0.2) is 94.0 Å². The smallest absolute Gasteiger partial charge is 0.389 e. The number of epoxide rings is 1. The largest absolute Gasteiger partial charge is 0.394 e. The van der Waals surface area contributed by atoms with Crippen LogP contribution < -0.4 is 0 Å². The monoisotopic (exact) mass is 658 g/mol. The minimum Gasteiger partial charge on any atom is -0.389 e. The SMILES string of the molecule is CS(=O)(=O)C(F)(F)CO.CS(=O)(=O)C(F)(F)COCC(O)c1ccccc1.O=S(=O)(O)O.c1ccc(C2CO2)cc1. The Hall–Kier alpha value is -2.23. The van der Waals surface area contributed by atoms with Gasteiger partial charge in [-0.3, -0.25) is 9.11 Å². The van der Waals surface area contributed by atoms with Crippen LogP contribution in [0.1, 0.15) is 23.3 Å². The first kappa shape index (κ1) is 38.8. The Morgan fingerprint density at radius 3 is 1.56 bits per heavy atom. The number of hydrogen-bond acceptors (Lipinski definition) is 10. The second-order valence-corrected chi connectivity index (χ2v) is 13.3. The molecule has 0 spiro atoms. The molecule has 12 nitrogen and oxygen atoms in total. The number of hydrogen-bond donors (Lipinski definition) is 4. The van der Waals surface area contributed by atoms with E-state index in [2.05, 4.69) is 16.9 Å². The van der Waals surface area contributed by atoms with Crippen molar-refractivity contribution in [2.75, 3.05) is 38.9 Å². The molecule has 2 atom stereocenters. The third-order valence-electron chi connectivity index (χ3n) is 4.50. The average Bonchev–Trinajstić information content (AvgIpc) is 3.69. The molecule has 1 heterocycles. The topological polar surface area (TPSA) is 205 Å². The highest BCUT2D eigenvalue weighted by Gasteiger charge is 2.42. The Bertz CT molecular complexity index is 1350. The highest BCUT2D eigenvalue weighted by atomic mass is 32.3. The van der Waals surface area contributed by atoms with Gasteiger partial charge in [0.1, 0.15) is 25.4 Å². The van der Waals surface area contributed by atoms with Gasteiger partial charge in [0.15, 0.2) is 0 Å². The van der Waals surface area contributed by atoms with Crippen molar-refractivity contribution in [2.45, 2.75) is 22.7 Å². The van der Waals surface area contributed by atoms with Gasteiger partial charge in [0, 0.05) is 12.5 Å². The summed E-state index contributed by atoms with van der Waals surface area (Å²) >= 11 is 0. The Morgan fingerprint density at radius 1 is 0.854 bits per heavy atom. The summed E-state index contributed by atoms with van der Waals surface area (Å²) in [5, 5.41) is 9.47. The van der Waals surface area contributed by atoms with Crippen LogP contribution in [0.25, 0.3) is 0 Å². The van der Waals surface area contributed by atoms with Gasteiger partial charge in [0.25, 0.3) is 0 Å². The van der Waals surface area contributed by atoms with Gasteiger partial charge in [-0.05, 0) is 11.1 Å². The van der Waals surface area contributed by atoms with Crippen molar-refractivity contribution in [2.24, 2.45) is 0 Å². The van der Waals surface area contributed by atoms with Crippen LogP contribution in [0.3, 0.4) is 0 Å². The maximum absolute atomic E-state index is 13.0. The second-order valence-electron chi connectivity index (χ2n) is 8.10. The number of rotatable bonds is 9. The standard InChI is InChI=1S/C11H14F2O4S.C8H8O.C3H6F2O3S.H2O4S/c1-18(15,16)11(12,13)8-17-7-10(14)9-5-3-2-4-6-9;1-2-4-7(5-3-1)8-6-9-8;1-9(7,8)3(4,5)2-6;1-5(2,3)4/h2-6,10,14H,7-8H2,1H3;1-5,8H,6H2;6H,2H2,1H3;(H2,1,2,3,4). The van der Waals surface area contributed by atoms with Gasteiger partial charge in [-0.2, -0.15) is 26.0 Å². The second kappa shape index (κ2) is 16.4. The number of sulfone groups is 2. The van der Waals surface area contributed by atoms with Crippen molar-refractivity contribution in [3.63, 3.8) is 0 Å². The molecule has 19 heteroatoms. The first-order valence-electron chi connectivity index (χ1n) is 10.9. The zero-order chi connectivity index (χ0) is 32.1. The fourth-order valence-corrected chi connectivity index (χ4v) is 2.73. The maximum Gasteiger partial charge on any atom is 0.394 e. The Labute approximate surface area is 235 Å². The lowest BCUT2D eigenvalue weighted by atomic mass is 10.1. The highest BCUT2D eigenvalue weighted by Crippen LogP contribution is 2.28. The molecule has 4 N–H and O–H groups in total. The van der Waals surface area contributed by atoms with E-state index >= 15 is 0 Å². The Balaban J connectivity index is 0.000000582. The van der Waals surface area contributed by atoms with Gasteiger partial charge in [-0.25, -0.2) is 16.8 Å². The molecule has 0 aliphatic carbocycles. The molecule has 1 saturated heterocycles. The van der Waals surface area contributed by atoms with Crippen molar-refractivity contribution in [3.05, 3.63) is 71.8 Å².